The molecule has 0 saturated carbocycles. The Morgan fingerprint density at radius 2 is 1.31 bits per heavy atom. The summed E-state index contributed by atoms with van der Waals surface area (Å²) < 4.78 is 20.8. The van der Waals surface area contributed by atoms with E-state index in [1.165, 1.54) is 43.5 Å². The summed E-state index contributed by atoms with van der Waals surface area (Å²) in [5, 5.41) is 0. The molecule has 0 atom stereocenters. The minimum absolute atomic E-state index is 0.0400. The van der Waals surface area contributed by atoms with Crippen molar-refractivity contribution < 1.29 is 38.1 Å². The quantitative estimate of drug-likeness (QED) is 0.423. The molecule has 2 amide bonds. The standard InChI is InChI=1S/C26H32N2O8/c1-25(2,3)35-23(31)28(24(32)36-26(4,5)6)19-15-10-9-14-18(19)27-16-12-11-13-17(21(29)33-7)20(27)22(30)34-8/h9-16H,1-8H3. The van der Waals surface area contributed by atoms with Crippen LogP contribution >= 0.6 is 0 Å². The van der Waals surface area contributed by atoms with Crippen LogP contribution in [0.4, 0.5) is 21.0 Å². The minimum Gasteiger partial charge on any atom is -0.465 e. The Bertz CT molecular complexity index is 1090. The van der Waals surface area contributed by atoms with Gasteiger partial charge in [-0.15, -0.1) is 0 Å². The van der Waals surface area contributed by atoms with Crippen molar-refractivity contribution in [3.05, 3.63) is 60.0 Å². The van der Waals surface area contributed by atoms with Crippen molar-refractivity contribution in [1.82, 2.24) is 0 Å². The molecule has 0 saturated heterocycles. The van der Waals surface area contributed by atoms with Gasteiger partial charge < -0.3 is 23.8 Å². The van der Waals surface area contributed by atoms with Crippen LogP contribution in [0.3, 0.4) is 0 Å². The molecule has 10 nitrogen and oxygen atoms in total. The van der Waals surface area contributed by atoms with E-state index in [1.54, 1.807) is 65.8 Å². The van der Waals surface area contributed by atoms with Gasteiger partial charge in [-0.05, 0) is 65.8 Å². The highest BCUT2D eigenvalue weighted by Crippen LogP contribution is 2.36. The summed E-state index contributed by atoms with van der Waals surface area (Å²) >= 11 is 0. The minimum atomic E-state index is -0.988. The van der Waals surface area contributed by atoms with Crippen molar-refractivity contribution in [2.45, 2.75) is 52.7 Å². The van der Waals surface area contributed by atoms with Gasteiger partial charge in [-0.25, -0.2) is 19.2 Å². The van der Waals surface area contributed by atoms with Gasteiger partial charge >= 0.3 is 24.1 Å². The molecule has 0 bridgehead atoms. The van der Waals surface area contributed by atoms with E-state index in [1.807, 2.05) is 0 Å². The van der Waals surface area contributed by atoms with Crippen molar-refractivity contribution in [3.63, 3.8) is 0 Å². The van der Waals surface area contributed by atoms with E-state index in [4.69, 9.17) is 18.9 Å². The van der Waals surface area contributed by atoms with Crippen LogP contribution < -0.4 is 9.80 Å². The molecule has 1 aromatic carbocycles. The Morgan fingerprint density at radius 3 is 1.81 bits per heavy atom. The normalized spacial score (nSPS) is 13.6. The van der Waals surface area contributed by atoms with Gasteiger partial charge in [0.15, 0.2) is 0 Å². The van der Waals surface area contributed by atoms with Crippen molar-refractivity contribution in [2.75, 3.05) is 24.0 Å². The number of benzene rings is 1. The maximum Gasteiger partial charge on any atom is 0.424 e. The summed E-state index contributed by atoms with van der Waals surface area (Å²) in [4.78, 5) is 54.0. The van der Waals surface area contributed by atoms with Crippen LogP contribution in [0.2, 0.25) is 0 Å². The topological polar surface area (TPSA) is 112 Å². The van der Waals surface area contributed by atoms with Gasteiger partial charge in [0.2, 0.25) is 0 Å². The van der Waals surface area contributed by atoms with Crippen LogP contribution in [0.15, 0.2) is 60.0 Å². The zero-order chi connectivity index (χ0) is 27.3. The number of esters is 2. The maximum atomic E-state index is 13.3. The molecule has 0 fully saturated rings. The predicted octanol–water partition coefficient (Wildman–Crippen LogP) is 4.85. The van der Waals surface area contributed by atoms with E-state index >= 15 is 0 Å². The van der Waals surface area contributed by atoms with Gasteiger partial charge in [-0.3, -0.25) is 0 Å². The largest absolute Gasteiger partial charge is 0.465 e. The van der Waals surface area contributed by atoms with Crippen molar-refractivity contribution in [1.29, 1.82) is 0 Å². The number of amides is 2. The number of rotatable bonds is 4. The second-order valence-corrected chi connectivity index (χ2v) is 9.60. The number of carbonyl (C=O) groups is 4. The van der Waals surface area contributed by atoms with Crippen molar-refractivity contribution >= 4 is 35.5 Å². The zero-order valence-electron chi connectivity index (χ0n) is 21.8. The maximum absolute atomic E-state index is 13.3. The van der Waals surface area contributed by atoms with Crippen LogP contribution in [0.1, 0.15) is 41.5 Å². The van der Waals surface area contributed by atoms with E-state index in [2.05, 4.69) is 0 Å². The van der Waals surface area contributed by atoms with Crippen LogP contribution in [-0.2, 0) is 28.5 Å². The second-order valence-electron chi connectivity index (χ2n) is 9.60. The predicted molar refractivity (Wildman–Crippen MR) is 133 cm³/mol. The van der Waals surface area contributed by atoms with Gasteiger partial charge in [0, 0.05) is 6.20 Å². The number of anilines is 2. The third-order valence-corrected chi connectivity index (χ3v) is 4.42. The summed E-state index contributed by atoms with van der Waals surface area (Å²) in [5.41, 5.74) is -1.89. The fourth-order valence-corrected chi connectivity index (χ4v) is 3.09. The molecular formula is C26H32N2O8. The van der Waals surface area contributed by atoms with E-state index in [0.717, 1.165) is 4.90 Å². The molecule has 0 N–H and O–H groups in total. The molecule has 2 rings (SSSR count). The number of hydrogen-bond acceptors (Lipinski definition) is 9. The number of nitrogens with zero attached hydrogens (tertiary/aromatic N) is 2. The number of imide groups is 1. The molecule has 1 heterocycles. The van der Waals surface area contributed by atoms with E-state index in [-0.39, 0.29) is 22.6 Å². The Kier molecular flexibility index (Phi) is 8.69. The van der Waals surface area contributed by atoms with Gasteiger partial charge in [-0.2, -0.15) is 4.90 Å². The Labute approximate surface area is 210 Å². The van der Waals surface area contributed by atoms with Gasteiger partial charge in [-0.1, -0.05) is 18.2 Å². The zero-order valence-corrected chi connectivity index (χ0v) is 21.8. The molecule has 0 radical (unpaired) electrons. The average Bonchev–Trinajstić information content (AvgIpc) is 2.99. The Balaban J connectivity index is 2.80. The lowest BCUT2D eigenvalue weighted by atomic mass is 10.1. The summed E-state index contributed by atoms with van der Waals surface area (Å²) in [6.45, 7) is 9.96. The second kappa shape index (κ2) is 11.1. The average molecular weight is 501 g/mol. The van der Waals surface area contributed by atoms with Crippen LogP contribution in [0, 0.1) is 0 Å². The van der Waals surface area contributed by atoms with Gasteiger partial charge in [0.1, 0.15) is 16.9 Å². The first-order valence-corrected chi connectivity index (χ1v) is 11.1. The van der Waals surface area contributed by atoms with Crippen LogP contribution in [0.25, 0.3) is 0 Å². The molecule has 0 aromatic heterocycles. The highest BCUT2D eigenvalue weighted by molar-refractivity contribution is 6.13. The molecular weight excluding hydrogens is 468 g/mol. The number of para-hydroxylation sites is 2. The molecule has 0 spiro atoms. The van der Waals surface area contributed by atoms with Gasteiger partial charge in [0.25, 0.3) is 0 Å². The first kappa shape index (κ1) is 28.2. The summed E-state index contributed by atoms with van der Waals surface area (Å²) in [6.07, 6.45) is 4.02. The monoisotopic (exact) mass is 500 g/mol. The summed E-state index contributed by atoms with van der Waals surface area (Å²) in [6, 6.07) is 6.29. The van der Waals surface area contributed by atoms with Gasteiger partial charge in [0.05, 0.1) is 31.2 Å². The number of carbonyl (C=O) groups excluding carboxylic acids is 4. The Hall–Kier alpha value is -4.08. The Morgan fingerprint density at radius 1 is 0.778 bits per heavy atom. The summed E-state index contributed by atoms with van der Waals surface area (Å²) in [7, 11) is 2.35. The molecule has 36 heavy (non-hydrogen) atoms. The number of allylic oxidation sites excluding steroid dienone is 2. The first-order valence-electron chi connectivity index (χ1n) is 11.1. The van der Waals surface area contributed by atoms with Crippen LogP contribution in [0.5, 0.6) is 0 Å². The number of ether oxygens (including phenoxy) is 4. The van der Waals surface area contributed by atoms with Crippen molar-refractivity contribution in [3.8, 4) is 0 Å². The smallest absolute Gasteiger partial charge is 0.424 e. The fourth-order valence-electron chi connectivity index (χ4n) is 3.09. The lowest BCUT2D eigenvalue weighted by Crippen LogP contribution is -2.44. The van der Waals surface area contributed by atoms with Crippen LogP contribution in [-0.4, -0.2) is 49.5 Å². The highest BCUT2D eigenvalue weighted by atomic mass is 16.6. The van der Waals surface area contributed by atoms with E-state index in [9.17, 15) is 19.2 Å². The molecule has 194 valence electrons. The molecule has 10 heteroatoms. The fraction of sp³-hybridized carbons (Fsp3) is 0.385. The number of methoxy groups -OCH3 is 2. The lowest BCUT2D eigenvalue weighted by molar-refractivity contribution is -0.139. The SMILES string of the molecule is COC(=O)C1=C(C(=O)OC)N(c2ccccc2N(C(=O)OC(C)(C)C)C(=O)OC(C)(C)C)C=CC=C1. The molecule has 0 unspecified atom stereocenters. The van der Waals surface area contributed by atoms with E-state index in [0.29, 0.717) is 0 Å². The first-order chi connectivity index (χ1) is 16.7. The molecule has 1 aromatic rings. The van der Waals surface area contributed by atoms with Crippen molar-refractivity contribution in [2.24, 2.45) is 0 Å². The third-order valence-electron chi connectivity index (χ3n) is 4.42. The van der Waals surface area contributed by atoms with E-state index < -0.39 is 35.3 Å². The molecule has 1 aliphatic heterocycles. The molecule has 0 aliphatic carbocycles. The summed E-state index contributed by atoms with van der Waals surface area (Å²) in [5.74, 6) is -1.63. The molecule has 1 aliphatic rings. The highest BCUT2D eigenvalue weighted by Gasteiger charge is 2.36. The number of hydrogen-bond donors (Lipinski definition) is 0. The third kappa shape index (κ3) is 6.97. The lowest BCUT2D eigenvalue weighted by Gasteiger charge is -2.31.